The second-order valence-corrected chi connectivity index (χ2v) is 5.36. The van der Waals surface area contributed by atoms with Crippen LogP contribution in [0.4, 0.5) is 8.78 Å². The lowest BCUT2D eigenvalue weighted by Crippen LogP contribution is -1.96. The minimum Gasteiger partial charge on any atom is -0.330 e. The molecular weight excluding hydrogens is 334 g/mol. The van der Waals surface area contributed by atoms with E-state index in [4.69, 9.17) is 12.2 Å². The normalized spacial score (nSPS) is 11.1. The predicted molar refractivity (Wildman–Crippen MR) is 76.1 cm³/mol. The lowest BCUT2D eigenvalue weighted by atomic mass is 10.2. The molecule has 6 heteroatoms. The van der Waals surface area contributed by atoms with Gasteiger partial charge < -0.3 is 4.98 Å². The van der Waals surface area contributed by atoms with Crippen molar-refractivity contribution in [2.24, 2.45) is 0 Å². The molecule has 2 nitrogen and oxygen atoms in total. The van der Waals surface area contributed by atoms with E-state index in [2.05, 4.69) is 20.9 Å². The molecule has 3 aromatic rings. The standard InChI is InChI=1S/C13H7BrF2N2S/c14-7-1-2-11-12(3-7)18(13(19)17-11)10-5-8(15)4-9(16)6-10/h1-6H,(H,17,19). The number of benzene rings is 2. The van der Waals surface area contributed by atoms with E-state index < -0.39 is 11.6 Å². The third kappa shape index (κ3) is 2.21. The van der Waals surface area contributed by atoms with Crippen molar-refractivity contribution in [3.8, 4) is 5.69 Å². The third-order valence-electron chi connectivity index (χ3n) is 2.75. The van der Waals surface area contributed by atoms with Gasteiger partial charge in [0.05, 0.1) is 16.7 Å². The first-order valence-electron chi connectivity index (χ1n) is 5.41. The molecule has 0 bridgehead atoms. The fourth-order valence-electron chi connectivity index (χ4n) is 2.00. The number of rotatable bonds is 1. The van der Waals surface area contributed by atoms with Gasteiger partial charge in [-0.15, -0.1) is 0 Å². The summed E-state index contributed by atoms with van der Waals surface area (Å²) in [5.41, 5.74) is 1.91. The summed E-state index contributed by atoms with van der Waals surface area (Å²) in [7, 11) is 0. The molecule has 2 aromatic carbocycles. The summed E-state index contributed by atoms with van der Waals surface area (Å²) >= 11 is 8.58. The van der Waals surface area contributed by atoms with Gasteiger partial charge in [-0.25, -0.2) is 8.78 Å². The molecule has 0 aliphatic carbocycles. The highest BCUT2D eigenvalue weighted by molar-refractivity contribution is 9.10. The summed E-state index contributed by atoms with van der Waals surface area (Å²) < 4.78 is 29.5. The highest BCUT2D eigenvalue weighted by Gasteiger charge is 2.09. The average Bonchev–Trinajstić information content (AvgIpc) is 2.63. The van der Waals surface area contributed by atoms with E-state index in [1.165, 1.54) is 12.1 Å². The van der Waals surface area contributed by atoms with Gasteiger partial charge in [-0.3, -0.25) is 4.57 Å². The fourth-order valence-corrected chi connectivity index (χ4v) is 2.66. The summed E-state index contributed by atoms with van der Waals surface area (Å²) in [6.45, 7) is 0. The van der Waals surface area contributed by atoms with Crippen LogP contribution >= 0.6 is 28.1 Å². The summed E-state index contributed by atoms with van der Waals surface area (Å²) in [6.07, 6.45) is 0. The maximum absolute atomic E-state index is 13.3. The van der Waals surface area contributed by atoms with Crippen molar-refractivity contribution in [3.63, 3.8) is 0 Å². The lowest BCUT2D eigenvalue weighted by Gasteiger charge is -2.05. The molecule has 19 heavy (non-hydrogen) atoms. The van der Waals surface area contributed by atoms with Gasteiger partial charge in [0.1, 0.15) is 11.6 Å². The summed E-state index contributed by atoms with van der Waals surface area (Å²) in [5, 5.41) is 0. The van der Waals surface area contributed by atoms with E-state index in [9.17, 15) is 8.78 Å². The van der Waals surface area contributed by atoms with Gasteiger partial charge in [0.2, 0.25) is 0 Å². The molecule has 0 aliphatic rings. The molecule has 3 rings (SSSR count). The number of H-pyrrole nitrogens is 1. The van der Waals surface area contributed by atoms with Gasteiger partial charge in [-0.05, 0) is 42.5 Å². The van der Waals surface area contributed by atoms with Crippen molar-refractivity contribution in [1.82, 2.24) is 9.55 Å². The zero-order chi connectivity index (χ0) is 13.6. The number of nitrogens with zero attached hydrogens (tertiary/aromatic N) is 1. The van der Waals surface area contributed by atoms with E-state index in [0.717, 1.165) is 21.6 Å². The molecule has 1 N–H and O–H groups in total. The van der Waals surface area contributed by atoms with Crippen LogP contribution in [0, 0.1) is 16.4 Å². The van der Waals surface area contributed by atoms with Crippen molar-refractivity contribution >= 4 is 39.2 Å². The number of halogens is 3. The summed E-state index contributed by atoms with van der Waals surface area (Å²) in [4.78, 5) is 3.00. The topological polar surface area (TPSA) is 20.7 Å². The van der Waals surface area contributed by atoms with Crippen molar-refractivity contribution in [1.29, 1.82) is 0 Å². The van der Waals surface area contributed by atoms with E-state index >= 15 is 0 Å². The maximum Gasteiger partial charge on any atom is 0.182 e. The van der Waals surface area contributed by atoms with Gasteiger partial charge in [-0.2, -0.15) is 0 Å². The third-order valence-corrected chi connectivity index (χ3v) is 3.53. The maximum atomic E-state index is 13.3. The minimum atomic E-state index is -0.638. The van der Waals surface area contributed by atoms with Crippen molar-refractivity contribution in [2.45, 2.75) is 0 Å². The highest BCUT2D eigenvalue weighted by atomic mass is 79.9. The Morgan fingerprint density at radius 1 is 1.05 bits per heavy atom. The van der Waals surface area contributed by atoms with E-state index in [0.29, 0.717) is 10.5 Å². The van der Waals surface area contributed by atoms with E-state index in [1.54, 1.807) is 4.57 Å². The molecule has 0 saturated carbocycles. The van der Waals surface area contributed by atoms with E-state index in [1.807, 2.05) is 18.2 Å². The van der Waals surface area contributed by atoms with Crippen LogP contribution in [0.5, 0.6) is 0 Å². The van der Waals surface area contributed by atoms with Crippen LogP contribution in [0.15, 0.2) is 40.9 Å². The second kappa shape index (κ2) is 4.54. The molecule has 0 amide bonds. The van der Waals surface area contributed by atoms with Crippen LogP contribution in [0.25, 0.3) is 16.7 Å². The molecule has 1 aromatic heterocycles. The molecule has 0 atom stereocenters. The molecule has 0 fully saturated rings. The first kappa shape index (κ1) is 12.5. The number of aromatic amines is 1. The molecule has 0 spiro atoms. The smallest absolute Gasteiger partial charge is 0.182 e. The quantitative estimate of drug-likeness (QED) is 0.635. The fraction of sp³-hybridized carbons (Fsp3) is 0. The Morgan fingerprint density at radius 2 is 1.74 bits per heavy atom. The Balaban J connectivity index is 2.38. The SMILES string of the molecule is Fc1cc(F)cc(-n2c(=S)[nH]c3ccc(Br)cc32)c1. The number of fused-ring (bicyclic) bond motifs is 1. The Bertz CT molecular complexity index is 818. The summed E-state index contributed by atoms with van der Waals surface area (Å²) in [6, 6.07) is 8.87. The minimum absolute atomic E-state index is 0.354. The van der Waals surface area contributed by atoms with E-state index in [-0.39, 0.29) is 0 Å². The van der Waals surface area contributed by atoms with Crippen molar-refractivity contribution in [2.75, 3.05) is 0 Å². The molecule has 0 radical (unpaired) electrons. The predicted octanol–water partition coefficient (Wildman–Crippen LogP) is 4.73. The number of hydrogen-bond acceptors (Lipinski definition) is 1. The number of hydrogen-bond donors (Lipinski definition) is 1. The molecule has 96 valence electrons. The zero-order valence-corrected chi connectivity index (χ0v) is 11.9. The van der Waals surface area contributed by atoms with Crippen molar-refractivity contribution < 1.29 is 8.78 Å². The lowest BCUT2D eigenvalue weighted by molar-refractivity contribution is 0.581. The van der Waals surface area contributed by atoms with Crippen molar-refractivity contribution in [3.05, 3.63) is 57.3 Å². The number of imidazole rings is 1. The molecule has 0 aliphatic heterocycles. The van der Waals surface area contributed by atoms with Gasteiger partial charge >= 0.3 is 0 Å². The zero-order valence-electron chi connectivity index (χ0n) is 9.45. The van der Waals surface area contributed by atoms with Crippen LogP contribution in [0.2, 0.25) is 0 Å². The Kier molecular flexibility index (Phi) is 2.99. The van der Waals surface area contributed by atoms with Gasteiger partial charge in [-0.1, -0.05) is 15.9 Å². The molecule has 0 saturated heterocycles. The Labute approximate surface area is 120 Å². The van der Waals surface area contributed by atoms with Gasteiger partial charge in [0.15, 0.2) is 4.77 Å². The highest BCUT2D eigenvalue weighted by Crippen LogP contribution is 2.24. The molecular formula is C13H7BrF2N2S. The largest absolute Gasteiger partial charge is 0.330 e. The number of aromatic nitrogens is 2. The van der Waals surface area contributed by atoms with Crippen LogP contribution in [0.3, 0.4) is 0 Å². The Morgan fingerprint density at radius 3 is 2.42 bits per heavy atom. The van der Waals surface area contributed by atoms with Crippen LogP contribution < -0.4 is 0 Å². The number of nitrogens with one attached hydrogen (secondary N) is 1. The summed E-state index contributed by atoms with van der Waals surface area (Å²) in [5.74, 6) is -1.28. The first-order chi connectivity index (χ1) is 9.04. The van der Waals surface area contributed by atoms with Crippen LogP contribution in [0.1, 0.15) is 0 Å². The van der Waals surface area contributed by atoms with Crippen LogP contribution in [-0.4, -0.2) is 9.55 Å². The Hall–Kier alpha value is -1.53. The van der Waals surface area contributed by atoms with Crippen LogP contribution in [-0.2, 0) is 0 Å². The van der Waals surface area contributed by atoms with Gasteiger partial charge in [0.25, 0.3) is 0 Å². The average molecular weight is 341 g/mol. The first-order valence-corrected chi connectivity index (χ1v) is 6.61. The molecule has 0 unspecified atom stereocenters. The molecule has 1 heterocycles. The monoisotopic (exact) mass is 340 g/mol. The second-order valence-electron chi connectivity index (χ2n) is 4.05. The van der Waals surface area contributed by atoms with Gasteiger partial charge in [0, 0.05) is 10.5 Å².